The van der Waals surface area contributed by atoms with E-state index in [1.54, 1.807) is 0 Å². The van der Waals surface area contributed by atoms with Gasteiger partial charge >= 0.3 is 0 Å². The first kappa shape index (κ1) is 22.7. The normalized spacial score (nSPS) is 25.1. The fraction of sp³-hybridized carbons (Fsp3) is 0.824. The molecule has 1 aromatic heterocycles. The van der Waals surface area contributed by atoms with E-state index >= 15 is 0 Å². The van der Waals surface area contributed by atoms with Gasteiger partial charge < -0.3 is 15.2 Å². The molecule has 6 nitrogen and oxygen atoms in total. The van der Waals surface area contributed by atoms with Gasteiger partial charge in [0.15, 0.2) is 0 Å². The van der Waals surface area contributed by atoms with Gasteiger partial charge in [-0.1, -0.05) is 19.3 Å². The summed E-state index contributed by atoms with van der Waals surface area (Å²) in [5.74, 6) is 0. The molecule has 25 heavy (non-hydrogen) atoms. The summed E-state index contributed by atoms with van der Waals surface area (Å²) in [7, 11) is 1.95. The summed E-state index contributed by atoms with van der Waals surface area (Å²) in [6, 6.07) is 0.552. The number of nitrogens with one attached hydrogen (secondary N) is 1. The Bertz CT molecular complexity index is 487. The molecule has 0 spiro atoms. The van der Waals surface area contributed by atoms with Gasteiger partial charge in [-0.05, 0) is 12.8 Å². The van der Waals surface area contributed by atoms with Crippen molar-refractivity contribution in [3.05, 3.63) is 18.0 Å². The van der Waals surface area contributed by atoms with Crippen LogP contribution in [0.5, 0.6) is 0 Å². The number of rotatable bonds is 5. The van der Waals surface area contributed by atoms with Crippen molar-refractivity contribution in [2.45, 2.75) is 50.3 Å². The molecule has 2 fully saturated rings. The van der Waals surface area contributed by atoms with E-state index in [4.69, 9.17) is 4.74 Å². The highest BCUT2D eigenvalue weighted by molar-refractivity contribution is 5.85. The number of ether oxygens (including phenoxy) is 1. The molecular formula is C17H32Cl2N4O2. The van der Waals surface area contributed by atoms with Gasteiger partial charge in [0.2, 0.25) is 0 Å². The number of nitrogens with zero attached hydrogens (tertiary/aromatic N) is 3. The van der Waals surface area contributed by atoms with Crippen LogP contribution in [-0.2, 0) is 18.3 Å². The van der Waals surface area contributed by atoms with Crippen molar-refractivity contribution in [3.63, 3.8) is 0 Å². The predicted octanol–water partition coefficient (Wildman–Crippen LogP) is 1.75. The number of aryl methyl sites for hydroxylation is 1. The molecule has 2 aliphatic rings. The van der Waals surface area contributed by atoms with Gasteiger partial charge in [0.25, 0.3) is 0 Å². The second-order valence-corrected chi connectivity index (χ2v) is 7.17. The van der Waals surface area contributed by atoms with E-state index in [1.807, 2.05) is 17.9 Å². The van der Waals surface area contributed by atoms with Crippen molar-refractivity contribution in [2.24, 2.45) is 7.05 Å². The molecule has 0 amide bonds. The van der Waals surface area contributed by atoms with E-state index in [0.29, 0.717) is 32.3 Å². The molecule has 1 aromatic rings. The number of hydrogen-bond donors (Lipinski definition) is 2. The van der Waals surface area contributed by atoms with Crippen molar-refractivity contribution in [2.75, 3.05) is 32.8 Å². The molecule has 1 atom stereocenters. The van der Waals surface area contributed by atoms with Crippen molar-refractivity contribution >= 4 is 24.8 Å². The van der Waals surface area contributed by atoms with Crippen LogP contribution in [0.3, 0.4) is 0 Å². The Morgan fingerprint density at radius 1 is 1.36 bits per heavy atom. The van der Waals surface area contributed by atoms with Crippen molar-refractivity contribution in [3.8, 4) is 0 Å². The Balaban J connectivity index is 0.00000156. The summed E-state index contributed by atoms with van der Waals surface area (Å²) < 4.78 is 7.44. The number of aromatic nitrogens is 2. The van der Waals surface area contributed by atoms with Crippen molar-refractivity contribution < 1.29 is 9.84 Å². The Morgan fingerprint density at radius 2 is 2.12 bits per heavy atom. The SMILES string of the molecule is Cl.Cl.Cn1cc(CN(CC2(O)CNCCOC2)C2CCCCC2)cn1. The molecule has 1 aliphatic carbocycles. The van der Waals surface area contributed by atoms with E-state index in [9.17, 15) is 5.11 Å². The minimum Gasteiger partial charge on any atom is -0.385 e. The van der Waals surface area contributed by atoms with Crippen LogP contribution < -0.4 is 5.32 Å². The van der Waals surface area contributed by atoms with Crippen LogP contribution in [0.2, 0.25) is 0 Å². The van der Waals surface area contributed by atoms with Crippen LogP contribution in [0, 0.1) is 0 Å². The maximum atomic E-state index is 11.0. The van der Waals surface area contributed by atoms with Gasteiger partial charge in [-0.15, -0.1) is 24.8 Å². The molecule has 2 N–H and O–H groups in total. The zero-order chi connectivity index (χ0) is 16.1. The summed E-state index contributed by atoms with van der Waals surface area (Å²) in [5, 5.41) is 18.6. The number of β-amino-alcohol motifs (C(OH)–C–C–N with tert-alkyl or cyclic N) is 1. The van der Waals surface area contributed by atoms with Crippen LogP contribution in [-0.4, -0.2) is 64.3 Å². The summed E-state index contributed by atoms with van der Waals surface area (Å²) in [4.78, 5) is 2.45. The molecule has 0 radical (unpaired) electrons. The highest BCUT2D eigenvalue weighted by Crippen LogP contribution is 2.26. The maximum absolute atomic E-state index is 11.0. The van der Waals surface area contributed by atoms with Crippen LogP contribution in [0.1, 0.15) is 37.7 Å². The number of halogens is 2. The lowest BCUT2D eigenvalue weighted by Gasteiger charge is -2.39. The topological polar surface area (TPSA) is 62.5 Å². The minimum absolute atomic E-state index is 0. The summed E-state index contributed by atoms with van der Waals surface area (Å²) in [6.07, 6.45) is 10.4. The van der Waals surface area contributed by atoms with Crippen LogP contribution in [0.4, 0.5) is 0 Å². The lowest BCUT2D eigenvalue weighted by atomic mass is 9.92. The minimum atomic E-state index is -0.809. The highest BCUT2D eigenvalue weighted by Gasteiger charge is 2.34. The fourth-order valence-corrected chi connectivity index (χ4v) is 3.81. The van der Waals surface area contributed by atoms with Crippen LogP contribution in [0.25, 0.3) is 0 Å². The first-order chi connectivity index (χ1) is 11.1. The van der Waals surface area contributed by atoms with Crippen molar-refractivity contribution in [1.29, 1.82) is 0 Å². The molecule has 0 bridgehead atoms. The molecule has 3 rings (SSSR count). The number of aliphatic hydroxyl groups is 1. The third kappa shape index (κ3) is 6.70. The Labute approximate surface area is 163 Å². The second-order valence-electron chi connectivity index (χ2n) is 7.17. The van der Waals surface area contributed by atoms with E-state index in [1.165, 1.54) is 37.7 Å². The van der Waals surface area contributed by atoms with Gasteiger partial charge in [0, 0.05) is 51.0 Å². The summed E-state index contributed by atoms with van der Waals surface area (Å²) in [6.45, 7) is 4.00. The second kappa shape index (κ2) is 10.7. The first-order valence-corrected chi connectivity index (χ1v) is 8.87. The molecule has 1 unspecified atom stereocenters. The fourth-order valence-electron chi connectivity index (χ4n) is 3.81. The van der Waals surface area contributed by atoms with Gasteiger partial charge in [-0.25, -0.2) is 0 Å². The molecule has 1 saturated heterocycles. The average molecular weight is 395 g/mol. The zero-order valence-electron chi connectivity index (χ0n) is 15.0. The molecule has 1 aliphatic heterocycles. The summed E-state index contributed by atoms with van der Waals surface area (Å²) in [5.41, 5.74) is 0.403. The Hall–Kier alpha value is -0.370. The lowest BCUT2D eigenvalue weighted by Crippen LogP contribution is -2.53. The molecule has 1 saturated carbocycles. The van der Waals surface area contributed by atoms with E-state index < -0.39 is 5.60 Å². The quantitative estimate of drug-likeness (QED) is 0.796. The largest absolute Gasteiger partial charge is 0.385 e. The molecule has 146 valence electrons. The van der Waals surface area contributed by atoms with Gasteiger partial charge in [-0.3, -0.25) is 9.58 Å². The average Bonchev–Trinajstić information content (AvgIpc) is 2.83. The predicted molar refractivity (Wildman–Crippen MR) is 104 cm³/mol. The third-order valence-electron chi connectivity index (χ3n) is 4.98. The van der Waals surface area contributed by atoms with Crippen LogP contribution in [0.15, 0.2) is 12.4 Å². The highest BCUT2D eigenvalue weighted by atomic mass is 35.5. The molecule has 8 heteroatoms. The Kier molecular flexibility index (Phi) is 9.70. The zero-order valence-corrected chi connectivity index (χ0v) is 16.7. The van der Waals surface area contributed by atoms with Gasteiger partial charge in [-0.2, -0.15) is 5.10 Å². The van der Waals surface area contributed by atoms with Gasteiger partial charge in [0.1, 0.15) is 5.60 Å². The van der Waals surface area contributed by atoms with Crippen molar-refractivity contribution in [1.82, 2.24) is 20.0 Å². The molecule has 2 heterocycles. The lowest BCUT2D eigenvalue weighted by molar-refractivity contribution is -0.0604. The summed E-state index contributed by atoms with van der Waals surface area (Å²) >= 11 is 0. The van der Waals surface area contributed by atoms with E-state index in [-0.39, 0.29) is 24.8 Å². The van der Waals surface area contributed by atoms with Crippen LogP contribution >= 0.6 is 24.8 Å². The Morgan fingerprint density at radius 3 is 2.80 bits per heavy atom. The monoisotopic (exact) mass is 394 g/mol. The van der Waals surface area contributed by atoms with E-state index in [0.717, 1.165) is 13.1 Å². The molecule has 0 aromatic carbocycles. The van der Waals surface area contributed by atoms with E-state index in [2.05, 4.69) is 21.5 Å². The standard InChI is InChI=1S/C17H30N4O2.2ClH/c1-20-10-15(9-19-20)11-21(16-5-3-2-4-6-16)13-17(22)12-18-7-8-23-14-17;;/h9-10,16,18,22H,2-8,11-14H2,1H3;2*1H. The third-order valence-corrected chi connectivity index (χ3v) is 4.98. The first-order valence-electron chi connectivity index (χ1n) is 8.87. The van der Waals surface area contributed by atoms with Gasteiger partial charge in [0.05, 0.1) is 19.4 Å². The maximum Gasteiger partial charge on any atom is 0.113 e. The smallest absolute Gasteiger partial charge is 0.113 e. The number of hydrogen-bond acceptors (Lipinski definition) is 5. The molecular weight excluding hydrogens is 363 g/mol.